The van der Waals surface area contributed by atoms with Crippen LogP contribution in [0, 0.1) is 23.7 Å². The van der Waals surface area contributed by atoms with Crippen LogP contribution in [0.1, 0.15) is 82.8 Å². The number of unbranched alkanes of at least 4 members (excludes halogenated alkanes) is 2. The molecule has 4 fully saturated rings. The van der Waals surface area contributed by atoms with Gasteiger partial charge in [-0.3, -0.25) is 0 Å². The van der Waals surface area contributed by atoms with E-state index in [-0.39, 0.29) is 7.92 Å². The van der Waals surface area contributed by atoms with Gasteiger partial charge >= 0.3 is 0 Å². The van der Waals surface area contributed by atoms with Gasteiger partial charge in [0.05, 0.1) is 0 Å². The van der Waals surface area contributed by atoms with Crippen molar-refractivity contribution in [2.75, 3.05) is 0 Å². The molecule has 0 aromatic heterocycles. The van der Waals surface area contributed by atoms with Crippen molar-refractivity contribution < 1.29 is 0 Å². The van der Waals surface area contributed by atoms with E-state index in [1.54, 1.807) is 28.2 Å². The Balaban J connectivity index is 1.60. The maximum Gasteiger partial charge on any atom is -0.00715 e. The Hall–Kier alpha value is -1.13. The molecule has 1 heteroatoms. The minimum absolute atomic E-state index is 0.275. The van der Waals surface area contributed by atoms with Crippen molar-refractivity contribution in [3.63, 3.8) is 0 Å². The number of rotatable bonds is 9. The predicted molar refractivity (Wildman–Crippen MR) is 137 cm³/mol. The first kappa shape index (κ1) is 21.7. The summed E-state index contributed by atoms with van der Waals surface area (Å²) in [6.45, 7) is 4.67. The van der Waals surface area contributed by atoms with E-state index in [1.165, 1.54) is 64.2 Å². The van der Waals surface area contributed by atoms with Crippen LogP contribution in [0.2, 0.25) is 0 Å². The number of hydrogen-bond donors (Lipinski definition) is 0. The van der Waals surface area contributed by atoms with Gasteiger partial charge in [-0.1, -0.05) is 75.2 Å². The van der Waals surface area contributed by atoms with E-state index in [4.69, 9.17) is 0 Å². The monoisotopic (exact) mass is 432 g/mol. The molecule has 31 heavy (non-hydrogen) atoms. The smallest absolute Gasteiger partial charge is 0.00715 e. The van der Waals surface area contributed by atoms with Gasteiger partial charge in [0, 0.05) is 0 Å². The summed E-state index contributed by atoms with van der Waals surface area (Å²) in [6.07, 6.45) is 15.4. The van der Waals surface area contributed by atoms with Crippen LogP contribution in [-0.4, -0.2) is 5.66 Å². The number of aryl methyl sites for hydroxylation is 2. The maximum atomic E-state index is 2.54. The number of benzene rings is 2. The van der Waals surface area contributed by atoms with Crippen molar-refractivity contribution in [3.05, 3.63) is 59.7 Å². The molecule has 0 nitrogen and oxygen atoms in total. The van der Waals surface area contributed by atoms with Gasteiger partial charge in [0.25, 0.3) is 0 Å². The van der Waals surface area contributed by atoms with Crippen molar-refractivity contribution in [2.24, 2.45) is 23.7 Å². The molecule has 6 rings (SSSR count). The first-order valence-electron chi connectivity index (χ1n) is 13.2. The second-order valence-electron chi connectivity index (χ2n) is 10.8. The van der Waals surface area contributed by atoms with Crippen LogP contribution in [0.15, 0.2) is 48.5 Å². The molecule has 2 aromatic rings. The summed E-state index contributed by atoms with van der Waals surface area (Å²) in [4.78, 5) is 0. The zero-order chi connectivity index (χ0) is 21.2. The molecule has 2 aromatic carbocycles. The maximum absolute atomic E-state index is 2.54. The Bertz CT molecular complexity index is 789. The highest BCUT2D eigenvalue weighted by Gasteiger charge is 2.51. The lowest BCUT2D eigenvalue weighted by Gasteiger charge is -2.57. The lowest BCUT2D eigenvalue weighted by molar-refractivity contribution is 0.0254. The van der Waals surface area contributed by atoms with Gasteiger partial charge in [-0.2, -0.15) is 0 Å². The zero-order valence-electron chi connectivity index (χ0n) is 19.7. The van der Waals surface area contributed by atoms with Crippen molar-refractivity contribution in [1.29, 1.82) is 0 Å². The molecule has 0 N–H and O–H groups in total. The van der Waals surface area contributed by atoms with Crippen molar-refractivity contribution in [3.8, 4) is 0 Å². The van der Waals surface area contributed by atoms with Gasteiger partial charge < -0.3 is 0 Å². The topological polar surface area (TPSA) is 0 Å². The van der Waals surface area contributed by atoms with Gasteiger partial charge in [-0.05, 0) is 117 Å². The van der Waals surface area contributed by atoms with Gasteiger partial charge in [-0.15, -0.1) is 0 Å². The Labute approximate surface area is 192 Å². The highest BCUT2D eigenvalue weighted by Crippen LogP contribution is 2.63. The van der Waals surface area contributed by atoms with Gasteiger partial charge in [0.1, 0.15) is 0 Å². The molecule has 0 radical (unpaired) electrons. The summed E-state index contributed by atoms with van der Waals surface area (Å²) in [7, 11) is -0.275. The van der Waals surface area contributed by atoms with E-state index >= 15 is 0 Å². The lowest BCUT2D eigenvalue weighted by Crippen LogP contribution is -2.49. The summed E-state index contributed by atoms with van der Waals surface area (Å²) >= 11 is 0. The molecule has 0 atom stereocenters. The highest BCUT2D eigenvalue weighted by atomic mass is 31.1. The van der Waals surface area contributed by atoms with E-state index in [0.717, 1.165) is 29.3 Å². The van der Waals surface area contributed by atoms with Crippen LogP contribution < -0.4 is 10.6 Å². The third-order valence-corrected chi connectivity index (χ3v) is 11.9. The molecule has 166 valence electrons. The largest absolute Gasteiger partial charge is 0.0654 e. The second kappa shape index (κ2) is 9.79. The summed E-state index contributed by atoms with van der Waals surface area (Å²) in [6, 6.07) is 19.3. The van der Waals surface area contributed by atoms with Crippen molar-refractivity contribution in [1.82, 2.24) is 0 Å². The fourth-order valence-corrected chi connectivity index (χ4v) is 11.1. The molecule has 4 saturated carbocycles. The predicted octanol–water partition coefficient (Wildman–Crippen LogP) is 7.63. The molecule has 0 spiro atoms. The first-order chi connectivity index (χ1) is 15.3. The molecular weight excluding hydrogens is 391 g/mol. The molecule has 0 unspecified atom stereocenters. The standard InChI is InChI=1S/C30H41P/c1-3-5-11-24-13-7-9-15-28(24)31(29-16-10-8-14-25(29)12-6-4-2)30-26-18-22-17-23(20-26)21-27(30)19-22/h7-10,13-16,22-23,26-27,30H,3-6,11-12,17-21H2,1-2H3. The average Bonchev–Trinajstić information content (AvgIpc) is 2.79. The quantitative estimate of drug-likeness (QED) is 0.357. The fourth-order valence-electron chi connectivity index (χ4n) is 7.42. The average molecular weight is 433 g/mol. The van der Waals surface area contributed by atoms with Gasteiger partial charge in [0.15, 0.2) is 0 Å². The Morgan fingerprint density at radius 3 is 1.55 bits per heavy atom. The van der Waals surface area contributed by atoms with Crippen LogP contribution in [0.4, 0.5) is 0 Å². The SMILES string of the molecule is CCCCc1ccccc1P(c1ccccc1CCCC)C1C2CC3CC(C2)CC1C3. The summed E-state index contributed by atoms with van der Waals surface area (Å²) in [5.74, 6) is 4.09. The molecular formula is C30H41P. The van der Waals surface area contributed by atoms with Crippen LogP contribution >= 0.6 is 7.92 Å². The first-order valence-corrected chi connectivity index (χ1v) is 14.6. The molecule has 4 bridgehead atoms. The van der Waals surface area contributed by atoms with Crippen LogP contribution in [0.3, 0.4) is 0 Å². The van der Waals surface area contributed by atoms with Crippen LogP contribution in [0.5, 0.6) is 0 Å². The van der Waals surface area contributed by atoms with E-state index in [9.17, 15) is 0 Å². The minimum atomic E-state index is -0.275. The second-order valence-corrected chi connectivity index (χ2v) is 13.1. The van der Waals surface area contributed by atoms with Crippen LogP contribution in [-0.2, 0) is 12.8 Å². The summed E-state index contributed by atoms with van der Waals surface area (Å²) in [5.41, 5.74) is 4.25. The molecule has 0 aliphatic heterocycles. The zero-order valence-corrected chi connectivity index (χ0v) is 20.6. The summed E-state index contributed by atoms with van der Waals surface area (Å²) in [5, 5.41) is 3.49. The van der Waals surface area contributed by atoms with E-state index in [0.29, 0.717) is 0 Å². The van der Waals surface area contributed by atoms with Gasteiger partial charge in [0.2, 0.25) is 0 Å². The van der Waals surface area contributed by atoms with E-state index in [1.807, 2.05) is 0 Å². The Morgan fingerprint density at radius 2 is 1.10 bits per heavy atom. The van der Waals surface area contributed by atoms with Crippen LogP contribution in [0.25, 0.3) is 0 Å². The Kier molecular flexibility index (Phi) is 6.85. The lowest BCUT2D eigenvalue weighted by atomic mass is 9.56. The number of hydrogen-bond acceptors (Lipinski definition) is 0. The molecule has 0 amide bonds. The highest BCUT2D eigenvalue weighted by molar-refractivity contribution is 7.73. The minimum Gasteiger partial charge on any atom is -0.0654 e. The molecule has 0 saturated heterocycles. The van der Waals surface area contributed by atoms with Gasteiger partial charge in [-0.25, -0.2) is 0 Å². The molecule has 4 aliphatic carbocycles. The molecule has 4 aliphatic rings. The Morgan fingerprint density at radius 1 is 0.645 bits per heavy atom. The third kappa shape index (κ3) is 4.39. The fraction of sp³-hybridized carbons (Fsp3) is 0.600. The third-order valence-electron chi connectivity index (χ3n) is 8.58. The van der Waals surface area contributed by atoms with E-state index in [2.05, 4.69) is 62.4 Å². The molecule has 0 heterocycles. The summed E-state index contributed by atoms with van der Waals surface area (Å²) < 4.78 is 0. The van der Waals surface area contributed by atoms with Crippen molar-refractivity contribution in [2.45, 2.75) is 90.1 Å². The normalized spacial score (nSPS) is 29.1. The van der Waals surface area contributed by atoms with E-state index < -0.39 is 0 Å². The van der Waals surface area contributed by atoms with Crippen molar-refractivity contribution >= 4 is 18.5 Å².